The normalized spacial score (nSPS) is 19.0. The Bertz CT molecular complexity index is 1060. The lowest BCUT2D eigenvalue weighted by molar-refractivity contribution is 0.0548. The summed E-state index contributed by atoms with van der Waals surface area (Å²) >= 11 is 1.35. The van der Waals surface area contributed by atoms with Crippen LogP contribution in [0.3, 0.4) is 0 Å². The molecular formula is C22H21N3O3S. The van der Waals surface area contributed by atoms with Gasteiger partial charge in [-0.3, -0.25) is 9.59 Å². The summed E-state index contributed by atoms with van der Waals surface area (Å²) in [7, 11) is 0. The van der Waals surface area contributed by atoms with Gasteiger partial charge in [0.1, 0.15) is 5.75 Å². The van der Waals surface area contributed by atoms with E-state index in [-0.39, 0.29) is 17.9 Å². The van der Waals surface area contributed by atoms with Crippen LogP contribution in [-0.4, -0.2) is 40.9 Å². The number of thiazole rings is 1. The Labute approximate surface area is 172 Å². The summed E-state index contributed by atoms with van der Waals surface area (Å²) in [5.74, 6) is 0.290. The molecule has 3 heterocycles. The number of amides is 2. The van der Waals surface area contributed by atoms with E-state index in [1.807, 2.05) is 29.2 Å². The monoisotopic (exact) mass is 407 g/mol. The van der Waals surface area contributed by atoms with Gasteiger partial charge in [0, 0.05) is 24.7 Å². The number of benzene rings is 2. The molecular weight excluding hydrogens is 386 g/mol. The average molecular weight is 407 g/mol. The number of piperidine rings is 1. The van der Waals surface area contributed by atoms with Crippen LogP contribution in [0.15, 0.2) is 42.5 Å². The first kappa shape index (κ1) is 18.1. The molecule has 2 aliphatic rings. The van der Waals surface area contributed by atoms with Gasteiger partial charge in [-0.2, -0.15) is 0 Å². The molecule has 1 saturated heterocycles. The number of carbonyl (C=O) groups is 2. The second-order valence-electron chi connectivity index (χ2n) is 7.44. The molecule has 0 radical (unpaired) electrons. The van der Waals surface area contributed by atoms with E-state index in [9.17, 15) is 9.59 Å². The highest BCUT2D eigenvalue weighted by molar-refractivity contribution is 7.20. The molecule has 2 amide bonds. The van der Waals surface area contributed by atoms with E-state index in [0.29, 0.717) is 28.6 Å². The molecule has 1 fully saturated rings. The molecule has 1 atom stereocenters. The van der Waals surface area contributed by atoms with Gasteiger partial charge in [-0.05, 0) is 49.6 Å². The molecule has 29 heavy (non-hydrogen) atoms. The van der Waals surface area contributed by atoms with Crippen molar-refractivity contribution in [3.8, 4) is 5.75 Å². The number of carbonyl (C=O) groups excluding carboxylic acids is 2. The standard InChI is InChI=1S/C22H21N3O3S/c26-20(21-24-17-6-1-2-7-19(17)29-21)23-14-8-9-18-16(13-14)22(27)25-11-4-3-5-15(25)10-12-28-18/h1-2,6-9,13,15H,3-5,10-12H2,(H,23,26). The van der Waals surface area contributed by atoms with Crippen LogP contribution in [0.4, 0.5) is 5.69 Å². The van der Waals surface area contributed by atoms with Gasteiger partial charge in [0.2, 0.25) is 0 Å². The van der Waals surface area contributed by atoms with Gasteiger partial charge in [-0.15, -0.1) is 11.3 Å². The van der Waals surface area contributed by atoms with Crippen molar-refractivity contribution in [2.75, 3.05) is 18.5 Å². The summed E-state index contributed by atoms with van der Waals surface area (Å²) in [6.45, 7) is 1.38. The predicted octanol–water partition coefficient (Wildman–Crippen LogP) is 4.33. The molecule has 0 bridgehead atoms. The van der Waals surface area contributed by atoms with Gasteiger partial charge in [-0.25, -0.2) is 4.98 Å². The highest BCUT2D eigenvalue weighted by Gasteiger charge is 2.31. The molecule has 3 aromatic rings. The zero-order valence-electron chi connectivity index (χ0n) is 15.9. The zero-order chi connectivity index (χ0) is 19.8. The van der Waals surface area contributed by atoms with Gasteiger partial charge < -0.3 is 15.0 Å². The molecule has 2 aromatic carbocycles. The lowest BCUT2D eigenvalue weighted by Crippen LogP contribution is -2.45. The number of hydrogen-bond donors (Lipinski definition) is 1. The molecule has 0 spiro atoms. The second-order valence-corrected chi connectivity index (χ2v) is 8.47. The maximum Gasteiger partial charge on any atom is 0.284 e. The molecule has 0 aliphatic carbocycles. The lowest BCUT2D eigenvalue weighted by Gasteiger charge is -2.37. The van der Waals surface area contributed by atoms with Crippen LogP contribution in [0.5, 0.6) is 5.75 Å². The fourth-order valence-corrected chi connectivity index (χ4v) is 4.94. The Hall–Kier alpha value is -2.93. The Morgan fingerprint density at radius 1 is 1.17 bits per heavy atom. The summed E-state index contributed by atoms with van der Waals surface area (Å²) in [5, 5.41) is 3.28. The topological polar surface area (TPSA) is 71.5 Å². The van der Waals surface area contributed by atoms with E-state index in [4.69, 9.17) is 4.74 Å². The Morgan fingerprint density at radius 3 is 2.97 bits per heavy atom. The van der Waals surface area contributed by atoms with E-state index >= 15 is 0 Å². The van der Waals surface area contributed by atoms with Crippen molar-refractivity contribution in [2.45, 2.75) is 31.7 Å². The molecule has 2 aliphatic heterocycles. The summed E-state index contributed by atoms with van der Waals surface area (Å²) in [6, 6.07) is 13.2. The Kier molecular flexibility index (Phi) is 4.67. The first-order valence-electron chi connectivity index (χ1n) is 9.94. The van der Waals surface area contributed by atoms with E-state index < -0.39 is 0 Å². The fraction of sp³-hybridized carbons (Fsp3) is 0.318. The number of anilines is 1. The maximum atomic E-state index is 13.2. The van der Waals surface area contributed by atoms with Crippen LogP contribution in [0.2, 0.25) is 0 Å². The first-order chi connectivity index (χ1) is 14.2. The highest BCUT2D eigenvalue weighted by Crippen LogP contribution is 2.31. The van der Waals surface area contributed by atoms with Crippen LogP contribution in [0.25, 0.3) is 10.2 Å². The van der Waals surface area contributed by atoms with Crippen molar-refractivity contribution < 1.29 is 14.3 Å². The van der Waals surface area contributed by atoms with Crippen molar-refractivity contribution >= 4 is 39.1 Å². The molecule has 0 saturated carbocycles. The number of nitrogens with one attached hydrogen (secondary N) is 1. The number of fused-ring (bicyclic) bond motifs is 3. The van der Waals surface area contributed by atoms with Gasteiger partial charge in [0.15, 0.2) is 5.01 Å². The molecule has 148 valence electrons. The van der Waals surface area contributed by atoms with E-state index in [0.717, 1.165) is 42.4 Å². The number of aromatic nitrogens is 1. The predicted molar refractivity (Wildman–Crippen MR) is 113 cm³/mol. The third-order valence-electron chi connectivity index (χ3n) is 5.55. The number of nitrogens with zero attached hydrogens (tertiary/aromatic N) is 2. The Morgan fingerprint density at radius 2 is 2.07 bits per heavy atom. The van der Waals surface area contributed by atoms with Crippen LogP contribution in [-0.2, 0) is 0 Å². The second kappa shape index (κ2) is 7.48. The molecule has 1 unspecified atom stereocenters. The average Bonchev–Trinajstić information content (AvgIpc) is 3.18. The summed E-state index contributed by atoms with van der Waals surface area (Å²) < 4.78 is 6.83. The number of hydrogen-bond acceptors (Lipinski definition) is 5. The van der Waals surface area contributed by atoms with Crippen molar-refractivity contribution in [1.82, 2.24) is 9.88 Å². The fourth-order valence-electron chi connectivity index (χ4n) is 4.08. The lowest BCUT2D eigenvalue weighted by atomic mass is 9.97. The third-order valence-corrected chi connectivity index (χ3v) is 6.59. The molecule has 6 nitrogen and oxygen atoms in total. The summed E-state index contributed by atoms with van der Waals surface area (Å²) in [6.07, 6.45) is 4.08. The van der Waals surface area contributed by atoms with E-state index in [1.54, 1.807) is 18.2 Å². The van der Waals surface area contributed by atoms with Gasteiger partial charge >= 0.3 is 0 Å². The van der Waals surface area contributed by atoms with Crippen molar-refractivity contribution in [3.63, 3.8) is 0 Å². The minimum absolute atomic E-state index is 0.0134. The first-order valence-corrected chi connectivity index (χ1v) is 10.8. The molecule has 5 rings (SSSR count). The SMILES string of the molecule is O=C(Nc1ccc2c(c1)C(=O)N1CCCCC1CCO2)c1nc2ccccc2s1. The zero-order valence-corrected chi connectivity index (χ0v) is 16.7. The quantitative estimate of drug-likeness (QED) is 0.687. The molecule has 7 heteroatoms. The van der Waals surface area contributed by atoms with Crippen LogP contribution >= 0.6 is 11.3 Å². The van der Waals surface area contributed by atoms with Crippen LogP contribution in [0, 0.1) is 0 Å². The van der Waals surface area contributed by atoms with Gasteiger partial charge in [0.25, 0.3) is 11.8 Å². The largest absolute Gasteiger partial charge is 0.493 e. The Balaban J connectivity index is 1.42. The van der Waals surface area contributed by atoms with Crippen molar-refractivity contribution in [3.05, 3.63) is 53.0 Å². The van der Waals surface area contributed by atoms with Gasteiger partial charge in [-0.1, -0.05) is 12.1 Å². The smallest absolute Gasteiger partial charge is 0.284 e. The minimum Gasteiger partial charge on any atom is -0.493 e. The van der Waals surface area contributed by atoms with Crippen molar-refractivity contribution in [1.29, 1.82) is 0 Å². The number of rotatable bonds is 2. The third kappa shape index (κ3) is 3.46. The number of ether oxygens (including phenoxy) is 1. The highest BCUT2D eigenvalue weighted by atomic mass is 32.1. The summed E-state index contributed by atoms with van der Waals surface area (Å²) in [4.78, 5) is 32.2. The molecule has 1 N–H and O–H groups in total. The maximum absolute atomic E-state index is 13.2. The minimum atomic E-state index is -0.277. The molecule has 1 aromatic heterocycles. The summed E-state index contributed by atoms with van der Waals surface area (Å²) in [5.41, 5.74) is 1.89. The van der Waals surface area contributed by atoms with Crippen LogP contribution in [0.1, 0.15) is 45.8 Å². The number of para-hydroxylation sites is 1. The van der Waals surface area contributed by atoms with Crippen molar-refractivity contribution in [2.24, 2.45) is 0 Å². The van der Waals surface area contributed by atoms with E-state index in [1.165, 1.54) is 11.3 Å². The van der Waals surface area contributed by atoms with E-state index in [2.05, 4.69) is 10.3 Å². The van der Waals surface area contributed by atoms with Crippen LogP contribution < -0.4 is 10.1 Å². The van der Waals surface area contributed by atoms with Gasteiger partial charge in [0.05, 0.1) is 22.4 Å².